The Labute approximate surface area is 145 Å². The van der Waals surface area contributed by atoms with Crippen molar-refractivity contribution < 1.29 is 9.53 Å². The number of carbonyl (C=O) groups excluding carboxylic acids is 1. The second kappa shape index (κ2) is 11.3. The van der Waals surface area contributed by atoms with Crippen molar-refractivity contribution in [2.45, 2.75) is 51.0 Å². The van der Waals surface area contributed by atoms with Crippen LogP contribution in [0.3, 0.4) is 0 Å². The zero-order chi connectivity index (χ0) is 15.6. The minimum atomic E-state index is 0. The van der Waals surface area contributed by atoms with Gasteiger partial charge in [0.05, 0.1) is 7.11 Å². The van der Waals surface area contributed by atoms with Crippen molar-refractivity contribution in [1.82, 2.24) is 10.6 Å². The maximum Gasteiger partial charge on any atom is 0.220 e. The van der Waals surface area contributed by atoms with Gasteiger partial charge in [-0.15, -0.1) is 12.4 Å². The number of hydrogen-bond acceptors (Lipinski definition) is 3. The lowest BCUT2D eigenvalue weighted by Gasteiger charge is -2.23. The number of ether oxygens (including phenoxy) is 1. The highest BCUT2D eigenvalue weighted by molar-refractivity contribution is 5.85. The predicted molar refractivity (Wildman–Crippen MR) is 96.4 cm³/mol. The van der Waals surface area contributed by atoms with Gasteiger partial charge in [0.1, 0.15) is 5.75 Å². The SMILES string of the molecule is COc1ccc(CCCCCC(=O)NC2CCNCC2)cc1.Cl. The molecule has 4 nitrogen and oxygen atoms in total. The van der Waals surface area contributed by atoms with Crippen LogP contribution in [-0.2, 0) is 11.2 Å². The number of nitrogens with one attached hydrogen (secondary N) is 2. The van der Waals surface area contributed by atoms with Gasteiger partial charge in [-0.2, -0.15) is 0 Å². The van der Waals surface area contributed by atoms with E-state index in [9.17, 15) is 4.79 Å². The second-order valence-electron chi connectivity index (χ2n) is 6.00. The standard InChI is InChI=1S/C18H28N2O2.ClH/c1-22-17-9-7-15(8-10-17)5-3-2-4-6-18(21)20-16-11-13-19-14-12-16;/h7-10,16,19H,2-6,11-14H2,1H3,(H,20,21);1H. The highest BCUT2D eigenvalue weighted by Gasteiger charge is 2.14. The molecule has 1 aliphatic heterocycles. The Morgan fingerprint density at radius 2 is 1.87 bits per heavy atom. The van der Waals surface area contributed by atoms with Crippen LogP contribution in [0.2, 0.25) is 0 Å². The van der Waals surface area contributed by atoms with E-state index in [0.29, 0.717) is 12.5 Å². The summed E-state index contributed by atoms with van der Waals surface area (Å²) >= 11 is 0. The van der Waals surface area contributed by atoms with Gasteiger partial charge in [0.15, 0.2) is 0 Å². The average molecular weight is 341 g/mol. The van der Waals surface area contributed by atoms with Gasteiger partial charge in [-0.05, 0) is 62.9 Å². The van der Waals surface area contributed by atoms with Crippen LogP contribution in [0.25, 0.3) is 0 Å². The van der Waals surface area contributed by atoms with E-state index in [1.54, 1.807) is 7.11 Å². The van der Waals surface area contributed by atoms with E-state index in [1.807, 2.05) is 12.1 Å². The van der Waals surface area contributed by atoms with E-state index in [2.05, 4.69) is 22.8 Å². The maximum atomic E-state index is 11.9. The van der Waals surface area contributed by atoms with Crippen LogP contribution in [0.1, 0.15) is 44.1 Å². The molecule has 1 saturated heterocycles. The topological polar surface area (TPSA) is 50.4 Å². The van der Waals surface area contributed by atoms with Crippen LogP contribution in [0, 0.1) is 0 Å². The lowest BCUT2D eigenvalue weighted by atomic mass is 10.0. The highest BCUT2D eigenvalue weighted by Crippen LogP contribution is 2.14. The maximum absolute atomic E-state index is 11.9. The first-order valence-corrected chi connectivity index (χ1v) is 8.41. The summed E-state index contributed by atoms with van der Waals surface area (Å²) < 4.78 is 5.15. The lowest BCUT2D eigenvalue weighted by molar-refractivity contribution is -0.122. The van der Waals surface area contributed by atoms with E-state index in [0.717, 1.165) is 57.4 Å². The van der Waals surface area contributed by atoms with Crippen molar-refractivity contribution in [3.05, 3.63) is 29.8 Å². The molecule has 0 bridgehead atoms. The molecule has 0 saturated carbocycles. The summed E-state index contributed by atoms with van der Waals surface area (Å²) in [5.41, 5.74) is 1.33. The van der Waals surface area contributed by atoms with E-state index in [1.165, 1.54) is 5.56 Å². The molecule has 0 unspecified atom stereocenters. The number of carbonyl (C=O) groups is 1. The summed E-state index contributed by atoms with van der Waals surface area (Å²) in [7, 11) is 1.68. The Morgan fingerprint density at radius 3 is 2.52 bits per heavy atom. The number of amides is 1. The van der Waals surface area contributed by atoms with Crippen LogP contribution >= 0.6 is 12.4 Å². The summed E-state index contributed by atoms with van der Waals surface area (Å²) in [6.45, 7) is 2.04. The summed E-state index contributed by atoms with van der Waals surface area (Å²) in [4.78, 5) is 11.9. The number of benzene rings is 1. The first kappa shape index (κ1) is 19.8. The van der Waals surface area contributed by atoms with Gasteiger partial charge in [0.25, 0.3) is 0 Å². The molecular formula is C18H29ClN2O2. The van der Waals surface area contributed by atoms with Gasteiger partial charge < -0.3 is 15.4 Å². The van der Waals surface area contributed by atoms with Gasteiger partial charge in [0.2, 0.25) is 5.91 Å². The van der Waals surface area contributed by atoms with Crippen LogP contribution in [0.15, 0.2) is 24.3 Å². The van der Waals surface area contributed by atoms with Gasteiger partial charge in [-0.3, -0.25) is 4.79 Å². The third-order valence-electron chi connectivity index (χ3n) is 4.23. The molecule has 0 aromatic heterocycles. The highest BCUT2D eigenvalue weighted by atomic mass is 35.5. The molecule has 0 spiro atoms. The molecule has 2 N–H and O–H groups in total. The van der Waals surface area contributed by atoms with Crippen LogP contribution < -0.4 is 15.4 Å². The molecule has 130 valence electrons. The normalized spacial score (nSPS) is 14.8. The van der Waals surface area contributed by atoms with Crippen molar-refractivity contribution in [3.8, 4) is 5.75 Å². The van der Waals surface area contributed by atoms with Gasteiger partial charge in [-0.25, -0.2) is 0 Å². The fraction of sp³-hybridized carbons (Fsp3) is 0.611. The number of methoxy groups -OCH3 is 1. The van der Waals surface area contributed by atoms with Gasteiger partial charge in [-0.1, -0.05) is 18.6 Å². The first-order valence-electron chi connectivity index (χ1n) is 8.41. The summed E-state index contributed by atoms with van der Waals surface area (Å²) in [5.74, 6) is 1.12. The van der Waals surface area contributed by atoms with Gasteiger partial charge in [0, 0.05) is 12.5 Å². The quantitative estimate of drug-likeness (QED) is 0.715. The average Bonchev–Trinajstić information content (AvgIpc) is 2.56. The first-order chi connectivity index (χ1) is 10.8. The zero-order valence-corrected chi connectivity index (χ0v) is 14.8. The molecule has 2 rings (SSSR count). The Hall–Kier alpha value is -1.26. The largest absolute Gasteiger partial charge is 0.497 e. The molecular weight excluding hydrogens is 312 g/mol. The third kappa shape index (κ3) is 7.71. The fourth-order valence-corrected chi connectivity index (χ4v) is 2.85. The molecule has 1 aromatic carbocycles. The van der Waals surface area contributed by atoms with E-state index >= 15 is 0 Å². The molecule has 1 fully saturated rings. The molecule has 0 aliphatic carbocycles. The van der Waals surface area contributed by atoms with Gasteiger partial charge >= 0.3 is 0 Å². The predicted octanol–water partition coefficient (Wildman–Crippen LogP) is 3.09. The summed E-state index contributed by atoms with van der Waals surface area (Å²) in [6, 6.07) is 8.61. The smallest absolute Gasteiger partial charge is 0.220 e. The molecule has 1 aromatic rings. The van der Waals surface area contributed by atoms with E-state index < -0.39 is 0 Å². The van der Waals surface area contributed by atoms with Crippen LogP contribution in [0.5, 0.6) is 5.75 Å². The van der Waals surface area contributed by atoms with Crippen LogP contribution in [0.4, 0.5) is 0 Å². The number of unbranched alkanes of at least 4 members (excludes halogenated alkanes) is 2. The molecule has 5 heteroatoms. The molecule has 1 heterocycles. The second-order valence-corrected chi connectivity index (χ2v) is 6.00. The number of rotatable bonds is 8. The third-order valence-corrected chi connectivity index (χ3v) is 4.23. The Bertz CT molecular complexity index is 445. The Morgan fingerprint density at radius 1 is 1.17 bits per heavy atom. The summed E-state index contributed by atoms with van der Waals surface area (Å²) in [5, 5.41) is 6.46. The van der Waals surface area contributed by atoms with Crippen molar-refractivity contribution in [3.63, 3.8) is 0 Å². The molecule has 1 amide bonds. The molecule has 0 atom stereocenters. The number of piperidine rings is 1. The minimum Gasteiger partial charge on any atom is -0.497 e. The minimum absolute atomic E-state index is 0. The fourth-order valence-electron chi connectivity index (χ4n) is 2.85. The monoisotopic (exact) mass is 340 g/mol. The molecule has 23 heavy (non-hydrogen) atoms. The van der Waals surface area contributed by atoms with Crippen molar-refractivity contribution in [2.75, 3.05) is 20.2 Å². The molecule has 1 aliphatic rings. The number of hydrogen-bond donors (Lipinski definition) is 2. The Kier molecular flexibility index (Phi) is 9.72. The van der Waals surface area contributed by atoms with Crippen molar-refractivity contribution in [2.24, 2.45) is 0 Å². The summed E-state index contributed by atoms with van der Waals surface area (Å²) in [6.07, 6.45) is 7.06. The number of halogens is 1. The Balaban J connectivity index is 0.00000264. The van der Waals surface area contributed by atoms with Crippen molar-refractivity contribution >= 4 is 18.3 Å². The number of aryl methyl sites for hydroxylation is 1. The van der Waals surface area contributed by atoms with Crippen LogP contribution in [-0.4, -0.2) is 32.1 Å². The van der Waals surface area contributed by atoms with E-state index in [4.69, 9.17) is 4.74 Å². The van der Waals surface area contributed by atoms with E-state index in [-0.39, 0.29) is 18.3 Å². The molecule has 0 radical (unpaired) electrons. The lowest BCUT2D eigenvalue weighted by Crippen LogP contribution is -2.42. The van der Waals surface area contributed by atoms with Crippen molar-refractivity contribution in [1.29, 1.82) is 0 Å². The zero-order valence-electron chi connectivity index (χ0n) is 14.0.